The first-order valence-electron chi connectivity index (χ1n) is 14.7. The third-order valence-corrected chi connectivity index (χ3v) is 8.69. The molecule has 2 fully saturated rings. The second-order valence-corrected chi connectivity index (χ2v) is 12.8. The van der Waals surface area contributed by atoms with Crippen LogP contribution in [0.4, 0.5) is 4.79 Å². The largest absolute Gasteiger partial charge is 0.444 e. The van der Waals surface area contributed by atoms with Crippen molar-refractivity contribution in [2.24, 2.45) is 17.3 Å². The molecule has 2 aromatic rings. The van der Waals surface area contributed by atoms with Crippen LogP contribution in [0.15, 0.2) is 54.6 Å². The molecule has 226 valence electrons. The molecule has 3 aliphatic rings. The van der Waals surface area contributed by atoms with Crippen molar-refractivity contribution < 1.29 is 33.3 Å². The van der Waals surface area contributed by atoms with Gasteiger partial charge in [0.25, 0.3) is 11.8 Å². The lowest BCUT2D eigenvalue weighted by molar-refractivity contribution is -0.158. The van der Waals surface area contributed by atoms with Gasteiger partial charge in [0.2, 0.25) is 0 Å². The molecule has 0 unspecified atom stereocenters. The molecule has 0 radical (unpaired) electrons. The molecule has 1 saturated heterocycles. The van der Waals surface area contributed by atoms with Crippen LogP contribution in [0.2, 0.25) is 0 Å². The first kappa shape index (κ1) is 30.2. The summed E-state index contributed by atoms with van der Waals surface area (Å²) in [5, 5.41) is 0. The normalized spacial score (nSPS) is 25.5. The molecule has 3 amide bonds. The molecule has 1 saturated carbocycles. The summed E-state index contributed by atoms with van der Waals surface area (Å²) in [7, 11) is 1.58. The van der Waals surface area contributed by atoms with Gasteiger partial charge in [0, 0.05) is 31.7 Å². The summed E-state index contributed by atoms with van der Waals surface area (Å²) >= 11 is 0. The van der Waals surface area contributed by atoms with Gasteiger partial charge < -0.3 is 23.8 Å². The number of imide groups is 1. The van der Waals surface area contributed by atoms with Gasteiger partial charge in [-0.3, -0.25) is 14.5 Å². The van der Waals surface area contributed by atoms with E-state index >= 15 is 0 Å². The molecule has 0 spiro atoms. The highest BCUT2D eigenvalue weighted by Gasteiger charge is 2.55. The summed E-state index contributed by atoms with van der Waals surface area (Å²) in [5.41, 5.74) is 0.725. The monoisotopic (exact) mass is 578 g/mol. The number of piperidine rings is 1. The average molecular weight is 579 g/mol. The third-order valence-electron chi connectivity index (χ3n) is 8.69. The Balaban J connectivity index is 1.43. The lowest BCUT2D eigenvalue weighted by atomic mass is 9.59. The fourth-order valence-corrected chi connectivity index (χ4v) is 6.84. The molecule has 9 heteroatoms. The van der Waals surface area contributed by atoms with Gasteiger partial charge in [-0.1, -0.05) is 42.5 Å². The Kier molecular flexibility index (Phi) is 9.01. The van der Waals surface area contributed by atoms with E-state index in [1.165, 1.54) is 4.90 Å². The molecule has 5 rings (SSSR count). The summed E-state index contributed by atoms with van der Waals surface area (Å²) in [6.07, 6.45) is 1.89. The Bertz CT molecular complexity index is 1240. The van der Waals surface area contributed by atoms with Gasteiger partial charge in [0.1, 0.15) is 12.4 Å². The molecule has 0 aromatic heterocycles. The maximum absolute atomic E-state index is 13.5. The van der Waals surface area contributed by atoms with Crippen LogP contribution < -0.4 is 0 Å². The van der Waals surface area contributed by atoms with Crippen LogP contribution >= 0.6 is 0 Å². The molecule has 2 bridgehead atoms. The number of nitrogens with zero attached hydrogens (tertiary/aromatic N) is 2. The fraction of sp³-hybridized carbons (Fsp3) is 0.545. The van der Waals surface area contributed by atoms with Gasteiger partial charge in [-0.2, -0.15) is 0 Å². The molecule has 42 heavy (non-hydrogen) atoms. The van der Waals surface area contributed by atoms with E-state index in [1.807, 2.05) is 56.0 Å². The quantitative estimate of drug-likeness (QED) is 0.219. The molecular weight excluding hydrogens is 536 g/mol. The zero-order valence-electron chi connectivity index (χ0n) is 25.0. The Labute approximate surface area is 248 Å². The van der Waals surface area contributed by atoms with Crippen molar-refractivity contribution in [1.29, 1.82) is 0 Å². The lowest BCUT2D eigenvalue weighted by Crippen LogP contribution is -2.63. The summed E-state index contributed by atoms with van der Waals surface area (Å²) < 4.78 is 23.5. The number of rotatable bonds is 10. The van der Waals surface area contributed by atoms with E-state index in [4.69, 9.17) is 18.9 Å². The Morgan fingerprint density at radius 1 is 0.929 bits per heavy atom. The smallest absolute Gasteiger partial charge is 0.410 e. The predicted molar refractivity (Wildman–Crippen MR) is 156 cm³/mol. The summed E-state index contributed by atoms with van der Waals surface area (Å²) in [5.74, 6) is -0.432. The second-order valence-electron chi connectivity index (χ2n) is 12.8. The maximum atomic E-state index is 13.5. The van der Waals surface area contributed by atoms with E-state index < -0.39 is 11.0 Å². The fourth-order valence-electron chi connectivity index (χ4n) is 6.84. The first-order valence-corrected chi connectivity index (χ1v) is 14.7. The minimum atomic E-state index is -0.629. The number of methoxy groups -OCH3 is 1. The second kappa shape index (κ2) is 12.5. The van der Waals surface area contributed by atoms with Crippen LogP contribution in [-0.2, 0) is 25.6 Å². The standard InChI is InChI=1S/C33H42N2O7/c1-32(2,3)42-31(38)35-19-33(21-41-22-39-4,20-40-18-23-10-6-5-7-11-23)28-16-25(35)15-14-24(28)17-34-29(36)26-12-8-9-13-27(26)30(34)37/h5-13,24-25,28H,14-22H2,1-4H3/t24-,25-,28-,33-/m1/s1. The van der Waals surface area contributed by atoms with Crippen molar-refractivity contribution in [2.75, 3.05) is 40.2 Å². The van der Waals surface area contributed by atoms with E-state index in [1.54, 1.807) is 31.4 Å². The van der Waals surface area contributed by atoms with Gasteiger partial charge in [-0.25, -0.2) is 4.79 Å². The van der Waals surface area contributed by atoms with E-state index in [0.29, 0.717) is 50.5 Å². The number of ether oxygens (including phenoxy) is 4. The molecule has 1 aliphatic carbocycles. The molecule has 9 nitrogen and oxygen atoms in total. The van der Waals surface area contributed by atoms with Crippen LogP contribution in [-0.4, -0.2) is 79.6 Å². The summed E-state index contributed by atoms with van der Waals surface area (Å²) in [6.45, 7) is 7.46. The molecule has 2 aliphatic heterocycles. The van der Waals surface area contributed by atoms with E-state index in [0.717, 1.165) is 18.4 Å². The van der Waals surface area contributed by atoms with Crippen LogP contribution in [0.3, 0.4) is 0 Å². The lowest BCUT2D eigenvalue weighted by Gasteiger charge is -2.56. The maximum Gasteiger partial charge on any atom is 0.410 e. The summed E-state index contributed by atoms with van der Waals surface area (Å²) in [4.78, 5) is 43.4. The van der Waals surface area contributed by atoms with Crippen LogP contribution in [0.5, 0.6) is 0 Å². The van der Waals surface area contributed by atoms with Gasteiger partial charge in [0.15, 0.2) is 0 Å². The van der Waals surface area contributed by atoms with Crippen molar-refractivity contribution >= 4 is 17.9 Å². The predicted octanol–water partition coefficient (Wildman–Crippen LogP) is 5.14. The number of carbonyl (C=O) groups excluding carboxylic acids is 3. The molecule has 2 heterocycles. The third kappa shape index (κ3) is 6.38. The number of likely N-dealkylation sites (tertiary alicyclic amines) is 1. The number of hydrogen-bond acceptors (Lipinski definition) is 7. The number of hydrogen-bond donors (Lipinski definition) is 0. The number of benzene rings is 2. The first-order chi connectivity index (χ1) is 20.1. The van der Waals surface area contributed by atoms with Crippen LogP contribution in [0.25, 0.3) is 0 Å². The highest BCUT2D eigenvalue weighted by atomic mass is 16.7. The van der Waals surface area contributed by atoms with Crippen molar-refractivity contribution in [1.82, 2.24) is 9.80 Å². The van der Waals surface area contributed by atoms with Gasteiger partial charge >= 0.3 is 6.09 Å². The minimum absolute atomic E-state index is 0.00653. The van der Waals surface area contributed by atoms with Crippen molar-refractivity contribution in [2.45, 2.75) is 58.3 Å². The Hall–Kier alpha value is -3.27. The van der Waals surface area contributed by atoms with Crippen LogP contribution in [0.1, 0.15) is 66.3 Å². The van der Waals surface area contributed by atoms with Crippen molar-refractivity contribution in [3.8, 4) is 0 Å². The number of carbonyl (C=O) groups is 3. The SMILES string of the molecule is COCOC[C@]1(COCc2ccccc2)CN(C(=O)OC(C)(C)C)[C@@H]2CC[C@H](CN3C(=O)c4ccccc4C3=O)[C@H]1C2. The van der Waals surface area contributed by atoms with Crippen LogP contribution in [0, 0.1) is 17.3 Å². The Morgan fingerprint density at radius 2 is 1.57 bits per heavy atom. The summed E-state index contributed by atoms with van der Waals surface area (Å²) in [6, 6.07) is 16.9. The number of fused-ring (bicyclic) bond motifs is 3. The van der Waals surface area contributed by atoms with E-state index in [9.17, 15) is 14.4 Å². The molecular formula is C33H42N2O7. The van der Waals surface area contributed by atoms with E-state index in [2.05, 4.69) is 0 Å². The van der Waals surface area contributed by atoms with Gasteiger partial charge in [0.05, 0.1) is 30.9 Å². The van der Waals surface area contributed by atoms with Gasteiger partial charge in [-0.15, -0.1) is 0 Å². The minimum Gasteiger partial charge on any atom is -0.444 e. The van der Waals surface area contributed by atoms with Crippen molar-refractivity contribution in [3.05, 3.63) is 71.3 Å². The zero-order valence-corrected chi connectivity index (χ0v) is 25.0. The Morgan fingerprint density at radius 3 is 2.21 bits per heavy atom. The molecule has 2 aromatic carbocycles. The molecule has 4 atom stereocenters. The van der Waals surface area contributed by atoms with Crippen molar-refractivity contribution in [3.63, 3.8) is 0 Å². The van der Waals surface area contributed by atoms with Gasteiger partial charge in [-0.05, 0) is 69.6 Å². The topological polar surface area (TPSA) is 94.6 Å². The highest BCUT2D eigenvalue weighted by Crippen LogP contribution is 2.50. The molecule has 0 N–H and O–H groups in total. The zero-order chi connectivity index (χ0) is 29.9. The average Bonchev–Trinajstić information content (AvgIpc) is 3.20. The van der Waals surface area contributed by atoms with E-state index in [-0.39, 0.29) is 42.6 Å². The number of amides is 3. The highest BCUT2D eigenvalue weighted by molar-refractivity contribution is 6.21.